The Bertz CT molecular complexity index is 449. The Morgan fingerprint density at radius 2 is 1.84 bits per heavy atom. The lowest BCUT2D eigenvalue weighted by atomic mass is 9.92. The van der Waals surface area contributed by atoms with Crippen molar-refractivity contribution in [2.45, 2.75) is 58.0 Å². The van der Waals surface area contributed by atoms with Crippen LogP contribution in [0.15, 0.2) is 24.1 Å². The van der Waals surface area contributed by atoms with E-state index in [1.165, 1.54) is 0 Å². The van der Waals surface area contributed by atoms with Crippen LogP contribution in [0.4, 0.5) is 4.39 Å². The van der Waals surface area contributed by atoms with Gasteiger partial charge in [0.15, 0.2) is 12.6 Å². The van der Waals surface area contributed by atoms with Crippen molar-refractivity contribution in [3.05, 3.63) is 24.1 Å². The molecule has 0 aromatic heterocycles. The standard InChI is InChI=1S/C20H31FO4/c1-2-3-4-15-11-22-19(23-12-15)10-5-16-13-24-20(25-14-16)17-6-8-18(21)9-7-17/h3-4,8,15-17,19-20H,2,5-7,9-14H2,1H3/t15-,16-,17?,19-,20-. The van der Waals surface area contributed by atoms with Crippen molar-refractivity contribution in [3.8, 4) is 0 Å². The largest absolute Gasteiger partial charge is 0.352 e. The molecule has 1 unspecified atom stereocenters. The highest BCUT2D eigenvalue weighted by Crippen LogP contribution is 2.31. The highest BCUT2D eigenvalue weighted by atomic mass is 19.1. The summed E-state index contributed by atoms with van der Waals surface area (Å²) in [5, 5.41) is 0. The minimum atomic E-state index is -0.172. The van der Waals surface area contributed by atoms with Crippen LogP contribution < -0.4 is 0 Å². The summed E-state index contributed by atoms with van der Waals surface area (Å²) in [6.07, 6.45) is 10.7. The molecule has 0 radical (unpaired) electrons. The molecule has 2 fully saturated rings. The molecule has 2 aliphatic heterocycles. The van der Waals surface area contributed by atoms with Crippen molar-refractivity contribution >= 4 is 0 Å². The number of allylic oxidation sites excluding steroid dienone is 3. The van der Waals surface area contributed by atoms with E-state index < -0.39 is 0 Å². The van der Waals surface area contributed by atoms with Gasteiger partial charge in [0, 0.05) is 17.8 Å². The van der Waals surface area contributed by atoms with Crippen LogP contribution in [0.25, 0.3) is 0 Å². The van der Waals surface area contributed by atoms with Crippen LogP contribution in [0.3, 0.4) is 0 Å². The van der Waals surface area contributed by atoms with E-state index in [1.807, 2.05) is 0 Å². The van der Waals surface area contributed by atoms with Crippen LogP contribution in [0.5, 0.6) is 0 Å². The molecule has 2 saturated heterocycles. The fraction of sp³-hybridized carbons (Fsp3) is 0.800. The van der Waals surface area contributed by atoms with Crippen molar-refractivity contribution in [2.24, 2.45) is 17.8 Å². The summed E-state index contributed by atoms with van der Waals surface area (Å²) in [6, 6.07) is 0. The maximum Gasteiger partial charge on any atom is 0.160 e. The molecule has 0 saturated carbocycles. The summed E-state index contributed by atoms with van der Waals surface area (Å²) in [5.74, 6) is 1.06. The highest BCUT2D eigenvalue weighted by molar-refractivity contribution is 4.98. The van der Waals surface area contributed by atoms with Gasteiger partial charge in [0.1, 0.15) is 0 Å². The van der Waals surface area contributed by atoms with Crippen molar-refractivity contribution in [2.75, 3.05) is 26.4 Å². The molecule has 0 aromatic carbocycles. The average Bonchev–Trinajstić information content (AvgIpc) is 2.67. The fourth-order valence-corrected chi connectivity index (χ4v) is 3.60. The van der Waals surface area contributed by atoms with E-state index in [-0.39, 0.29) is 18.4 Å². The Kier molecular flexibility index (Phi) is 7.47. The first-order valence-corrected chi connectivity index (χ1v) is 9.72. The molecule has 142 valence electrons. The molecule has 3 rings (SSSR count). The van der Waals surface area contributed by atoms with Crippen molar-refractivity contribution in [1.29, 1.82) is 0 Å². The van der Waals surface area contributed by atoms with E-state index in [0.717, 1.165) is 45.3 Å². The van der Waals surface area contributed by atoms with Crippen molar-refractivity contribution in [3.63, 3.8) is 0 Å². The van der Waals surface area contributed by atoms with Crippen LogP contribution in [0.1, 0.15) is 45.4 Å². The first-order valence-electron chi connectivity index (χ1n) is 9.72. The van der Waals surface area contributed by atoms with Gasteiger partial charge in [0.25, 0.3) is 0 Å². The molecule has 1 atom stereocenters. The molecule has 0 N–H and O–H groups in total. The number of halogens is 1. The fourth-order valence-electron chi connectivity index (χ4n) is 3.60. The summed E-state index contributed by atoms with van der Waals surface area (Å²) in [5.41, 5.74) is 0. The zero-order valence-electron chi connectivity index (χ0n) is 15.2. The lowest BCUT2D eigenvalue weighted by Crippen LogP contribution is -2.38. The van der Waals surface area contributed by atoms with Gasteiger partial charge in [0.05, 0.1) is 32.3 Å². The lowest BCUT2D eigenvalue weighted by Gasteiger charge is -2.35. The second kappa shape index (κ2) is 9.81. The van der Waals surface area contributed by atoms with Crippen molar-refractivity contribution in [1.82, 2.24) is 0 Å². The molecule has 4 nitrogen and oxygen atoms in total. The molecule has 1 aliphatic carbocycles. The number of hydrogen-bond donors (Lipinski definition) is 0. The third kappa shape index (κ3) is 5.88. The summed E-state index contributed by atoms with van der Waals surface area (Å²) >= 11 is 0. The van der Waals surface area contributed by atoms with Crippen LogP contribution in [0, 0.1) is 17.8 Å². The first-order chi connectivity index (χ1) is 12.2. The highest BCUT2D eigenvalue weighted by Gasteiger charge is 2.31. The molecule has 0 amide bonds. The predicted molar refractivity (Wildman–Crippen MR) is 93.6 cm³/mol. The Labute approximate surface area is 150 Å². The van der Waals surface area contributed by atoms with E-state index in [0.29, 0.717) is 37.4 Å². The predicted octanol–water partition coefficient (Wildman–Crippen LogP) is 4.36. The van der Waals surface area contributed by atoms with E-state index in [1.54, 1.807) is 6.08 Å². The average molecular weight is 354 g/mol. The number of ether oxygens (including phenoxy) is 4. The van der Waals surface area contributed by atoms with E-state index >= 15 is 0 Å². The number of hydrogen-bond acceptors (Lipinski definition) is 4. The van der Waals surface area contributed by atoms with Gasteiger partial charge in [-0.2, -0.15) is 0 Å². The lowest BCUT2D eigenvalue weighted by molar-refractivity contribution is -0.232. The molecular formula is C20H31FO4. The van der Waals surface area contributed by atoms with E-state index in [9.17, 15) is 4.39 Å². The topological polar surface area (TPSA) is 36.9 Å². The molecule has 5 heteroatoms. The van der Waals surface area contributed by atoms with Gasteiger partial charge < -0.3 is 18.9 Å². The monoisotopic (exact) mass is 354 g/mol. The SMILES string of the molecule is CCC=C[C@H]1CO[C@H](CC[C@H]2CO[C@H](C3CC=C(F)CC3)OC2)OC1. The normalized spacial score (nSPS) is 37.2. The molecule has 0 aromatic rings. The van der Waals surface area contributed by atoms with Gasteiger partial charge in [0.2, 0.25) is 0 Å². The Morgan fingerprint density at radius 3 is 2.48 bits per heavy atom. The second-order valence-electron chi connectivity index (χ2n) is 7.36. The number of rotatable bonds is 6. The molecule has 0 bridgehead atoms. The third-order valence-corrected chi connectivity index (χ3v) is 5.22. The second-order valence-corrected chi connectivity index (χ2v) is 7.36. The third-order valence-electron chi connectivity index (χ3n) is 5.22. The molecular weight excluding hydrogens is 323 g/mol. The zero-order valence-corrected chi connectivity index (χ0v) is 15.2. The zero-order chi connectivity index (χ0) is 17.5. The Morgan fingerprint density at radius 1 is 1.08 bits per heavy atom. The minimum absolute atomic E-state index is 0.00448. The van der Waals surface area contributed by atoms with Gasteiger partial charge in [-0.25, -0.2) is 4.39 Å². The van der Waals surface area contributed by atoms with Crippen LogP contribution in [0.2, 0.25) is 0 Å². The maximum absolute atomic E-state index is 13.1. The molecule has 0 spiro atoms. The van der Waals surface area contributed by atoms with Gasteiger partial charge in [-0.05, 0) is 38.5 Å². The first kappa shape index (κ1) is 19.0. The van der Waals surface area contributed by atoms with Gasteiger partial charge in [-0.15, -0.1) is 0 Å². The quantitative estimate of drug-likeness (QED) is 0.664. The van der Waals surface area contributed by atoms with Gasteiger partial charge in [-0.1, -0.05) is 25.2 Å². The van der Waals surface area contributed by atoms with Gasteiger partial charge >= 0.3 is 0 Å². The smallest absolute Gasteiger partial charge is 0.160 e. The van der Waals surface area contributed by atoms with Gasteiger partial charge in [-0.3, -0.25) is 0 Å². The van der Waals surface area contributed by atoms with Crippen LogP contribution in [-0.4, -0.2) is 39.0 Å². The van der Waals surface area contributed by atoms with Crippen molar-refractivity contribution < 1.29 is 23.3 Å². The van der Waals surface area contributed by atoms with Crippen LogP contribution in [-0.2, 0) is 18.9 Å². The Balaban J connectivity index is 1.30. The summed E-state index contributed by atoms with van der Waals surface area (Å²) in [7, 11) is 0. The summed E-state index contributed by atoms with van der Waals surface area (Å²) in [6.45, 7) is 5.04. The summed E-state index contributed by atoms with van der Waals surface area (Å²) < 4.78 is 36.5. The van der Waals surface area contributed by atoms with Crippen LogP contribution >= 0.6 is 0 Å². The minimum Gasteiger partial charge on any atom is -0.352 e. The molecule has 25 heavy (non-hydrogen) atoms. The molecule has 2 heterocycles. The maximum atomic E-state index is 13.1. The summed E-state index contributed by atoms with van der Waals surface area (Å²) in [4.78, 5) is 0. The van der Waals surface area contributed by atoms with E-state index in [2.05, 4.69) is 19.1 Å². The molecule has 3 aliphatic rings. The Hall–Kier alpha value is -0.750. The van der Waals surface area contributed by atoms with E-state index in [4.69, 9.17) is 18.9 Å².